The summed E-state index contributed by atoms with van der Waals surface area (Å²) in [5.41, 5.74) is 2.82. The van der Waals surface area contributed by atoms with Crippen LogP contribution in [-0.2, 0) is 6.42 Å². The van der Waals surface area contributed by atoms with Crippen molar-refractivity contribution in [3.63, 3.8) is 0 Å². The number of amides is 1. The van der Waals surface area contributed by atoms with Crippen molar-refractivity contribution >= 4 is 28.4 Å². The summed E-state index contributed by atoms with van der Waals surface area (Å²) in [6.45, 7) is 0.598. The monoisotopic (exact) mass is 298 g/mol. The highest BCUT2D eigenvalue weighted by Gasteiger charge is 2.09. The fourth-order valence-corrected chi connectivity index (χ4v) is 2.48. The Morgan fingerprint density at radius 2 is 1.90 bits per heavy atom. The van der Waals surface area contributed by atoms with Gasteiger partial charge in [0.1, 0.15) is 0 Å². The predicted octanol–water partition coefficient (Wildman–Crippen LogP) is 3.79. The number of aromatic nitrogens is 1. The van der Waals surface area contributed by atoms with E-state index < -0.39 is 0 Å². The minimum absolute atomic E-state index is 0.0471. The Balaban J connectivity index is 1.64. The number of H-pyrrole nitrogens is 1. The summed E-state index contributed by atoms with van der Waals surface area (Å²) in [5.74, 6) is -0.0471. The van der Waals surface area contributed by atoms with Crippen molar-refractivity contribution in [3.8, 4) is 0 Å². The number of hydrogen-bond acceptors (Lipinski definition) is 1. The van der Waals surface area contributed by atoms with Gasteiger partial charge in [0.15, 0.2) is 0 Å². The van der Waals surface area contributed by atoms with E-state index in [0.29, 0.717) is 12.1 Å². The van der Waals surface area contributed by atoms with Crippen molar-refractivity contribution in [2.45, 2.75) is 6.42 Å². The molecule has 0 saturated carbocycles. The van der Waals surface area contributed by atoms with E-state index in [-0.39, 0.29) is 5.91 Å². The zero-order chi connectivity index (χ0) is 14.7. The first kappa shape index (κ1) is 13.7. The molecule has 0 spiro atoms. The number of rotatable bonds is 4. The van der Waals surface area contributed by atoms with E-state index in [1.807, 2.05) is 54.7 Å². The Hall–Kier alpha value is -2.26. The van der Waals surface area contributed by atoms with Crippen LogP contribution in [0.25, 0.3) is 10.9 Å². The summed E-state index contributed by atoms with van der Waals surface area (Å²) in [4.78, 5) is 15.4. The van der Waals surface area contributed by atoms with Crippen molar-refractivity contribution in [2.75, 3.05) is 6.54 Å². The summed E-state index contributed by atoms with van der Waals surface area (Å²) in [6.07, 6.45) is 2.63. The van der Waals surface area contributed by atoms with Gasteiger partial charge < -0.3 is 10.3 Å². The van der Waals surface area contributed by atoms with Crippen LogP contribution < -0.4 is 5.32 Å². The molecule has 1 heterocycles. The summed E-state index contributed by atoms with van der Waals surface area (Å²) in [6, 6.07) is 15.3. The second kappa shape index (κ2) is 6.02. The number of benzene rings is 2. The predicted molar refractivity (Wildman–Crippen MR) is 85.8 cm³/mol. The van der Waals surface area contributed by atoms with Crippen LogP contribution in [-0.4, -0.2) is 17.4 Å². The molecule has 4 heteroatoms. The summed E-state index contributed by atoms with van der Waals surface area (Å²) in [7, 11) is 0. The average molecular weight is 299 g/mol. The van der Waals surface area contributed by atoms with Gasteiger partial charge in [-0.3, -0.25) is 4.79 Å². The van der Waals surface area contributed by atoms with Crippen LogP contribution in [0, 0.1) is 0 Å². The molecule has 21 heavy (non-hydrogen) atoms. The lowest BCUT2D eigenvalue weighted by molar-refractivity contribution is 0.0956. The lowest BCUT2D eigenvalue weighted by Gasteiger charge is -2.06. The van der Waals surface area contributed by atoms with E-state index >= 15 is 0 Å². The standard InChI is InChI=1S/C17H15ClN2O/c18-13-6-4-12(5-7-13)8-10-20-17(21)15-2-1-3-16-14(15)9-11-19-16/h1-7,9,11,19H,8,10H2,(H,20,21). The minimum atomic E-state index is -0.0471. The van der Waals surface area contributed by atoms with E-state index in [0.717, 1.165) is 27.9 Å². The molecule has 1 aromatic heterocycles. The summed E-state index contributed by atoms with van der Waals surface area (Å²) < 4.78 is 0. The smallest absolute Gasteiger partial charge is 0.251 e. The van der Waals surface area contributed by atoms with Crippen LogP contribution in [0.1, 0.15) is 15.9 Å². The van der Waals surface area contributed by atoms with Gasteiger partial charge in [-0.25, -0.2) is 0 Å². The van der Waals surface area contributed by atoms with Crippen LogP contribution in [0.3, 0.4) is 0 Å². The highest BCUT2D eigenvalue weighted by Crippen LogP contribution is 2.17. The van der Waals surface area contributed by atoms with E-state index in [9.17, 15) is 4.79 Å². The molecule has 2 aromatic carbocycles. The lowest BCUT2D eigenvalue weighted by Crippen LogP contribution is -2.25. The normalized spacial score (nSPS) is 10.7. The number of carbonyl (C=O) groups is 1. The largest absolute Gasteiger partial charge is 0.361 e. The van der Waals surface area contributed by atoms with E-state index in [2.05, 4.69) is 10.3 Å². The maximum absolute atomic E-state index is 12.3. The Bertz CT molecular complexity index is 762. The second-order valence-electron chi connectivity index (χ2n) is 4.88. The van der Waals surface area contributed by atoms with E-state index in [1.54, 1.807) is 0 Å². The van der Waals surface area contributed by atoms with Crippen LogP contribution in [0.4, 0.5) is 0 Å². The topological polar surface area (TPSA) is 44.9 Å². The molecule has 0 unspecified atom stereocenters. The Labute approximate surface area is 127 Å². The lowest BCUT2D eigenvalue weighted by atomic mass is 10.1. The molecule has 106 valence electrons. The molecule has 0 aliphatic rings. The Kier molecular flexibility index (Phi) is 3.93. The number of nitrogens with one attached hydrogen (secondary N) is 2. The molecule has 0 saturated heterocycles. The first-order chi connectivity index (χ1) is 10.2. The number of fused-ring (bicyclic) bond motifs is 1. The third kappa shape index (κ3) is 3.09. The highest BCUT2D eigenvalue weighted by atomic mass is 35.5. The van der Waals surface area contributed by atoms with Gasteiger partial charge in [-0.05, 0) is 42.3 Å². The Morgan fingerprint density at radius 3 is 2.71 bits per heavy atom. The van der Waals surface area contributed by atoms with Crippen LogP contribution in [0.15, 0.2) is 54.7 Å². The molecular formula is C17H15ClN2O. The minimum Gasteiger partial charge on any atom is -0.361 e. The van der Waals surface area contributed by atoms with Crippen LogP contribution >= 0.6 is 11.6 Å². The third-order valence-electron chi connectivity index (χ3n) is 3.45. The molecule has 3 nitrogen and oxygen atoms in total. The van der Waals surface area contributed by atoms with Crippen molar-refractivity contribution in [1.82, 2.24) is 10.3 Å². The quantitative estimate of drug-likeness (QED) is 0.756. The fourth-order valence-electron chi connectivity index (χ4n) is 2.35. The van der Waals surface area contributed by atoms with Crippen LogP contribution in [0.2, 0.25) is 5.02 Å². The van der Waals surface area contributed by atoms with Gasteiger partial charge >= 0.3 is 0 Å². The number of carbonyl (C=O) groups excluding carboxylic acids is 1. The number of aromatic amines is 1. The maximum atomic E-state index is 12.3. The van der Waals surface area contributed by atoms with Gasteiger partial charge in [0.25, 0.3) is 5.91 Å². The summed E-state index contributed by atoms with van der Waals surface area (Å²) in [5, 5.41) is 4.63. The molecule has 3 aromatic rings. The molecule has 0 aliphatic heterocycles. The van der Waals surface area contributed by atoms with E-state index in [1.165, 1.54) is 0 Å². The zero-order valence-corrected chi connectivity index (χ0v) is 12.2. The van der Waals surface area contributed by atoms with Gasteiger partial charge in [0.05, 0.1) is 0 Å². The third-order valence-corrected chi connectivity index (χ3v) is 3.70. The highest BCUT2D eigenvalue weighted by molar-refractivity contribution is 6.30. The van der Waals surface area contributed by atoms with Gasteiger partial charge in [-0.1, -0.05) is 29.8 Å². The van der Waals surface area contributed by atoms with Gasteiger partial charge in [0, 0.05) is 34.2 Å². The van der Waals surface area contributed by atoms with Gasteiger partial charge in [0.2, 0.25) is 0 Å². The summed E-state index contributed by atoms with van der Waals surface area (Å²) >= 11 is 5.85. The van der Waals surface area contributed by atoms with Gasteiger partial charge in [-0.2, -0.15) is 0 Å². The van der Waals surface area contributed by atoms with Crippen LogP contribution in [0.5, 0.6) is 0 Å². The number of hydrogen-bond donors (Lipinski definition) is 2. The first-order valence-corrected chi connectivity index (χ1v) is 7.20. The average Bonchev–Trinajstić information content (AvgIpc) is 2.97. The molecule has 0 aliphatic carbocycles. The van der Waals surface area contributed by atoms with Crippen molar-refractivity contribution in [3.05, 3.63) is 70.9 Å². The first-order valence-electron chi connectivity index (χ1n) is 6.83. The molecule has 0 bridgehead atoms. The fraction of sp³-hybridized carbons (Fsp3) is 0.118. The van der Waals surface area contributed by atoms with Crippen molar-refractivity contribution in [1.29, 1.82) is 0 Å². The molecule has 0 radical (unpaired) electrons. The molecule has 2 N–H and O–H groups in total. The maximum Gasteiger partial charge on any atom is 0.251 e. The van der Waals surface area contributed by atoms with Gasteiger partial charge in [-0.15, -0.1) is 0 Å². The van der Waals surface area contributed by atoms with Crippen molar-refractivity contribution in [2.24, 2.45) is 0 Å². The molecule has 0 fully saturated rings. The second-order valence-corrected chi connectivity index (χ2v) is 5.31. The zero-order valence-electron chi connectivity index (χ0n) is 11.4. The molecule has 3 rings (SSSR count). The molecular weight excluding hydrogens is 284 g/mol. The number of halogens is 1. The van der Waals surface area contributed by atoms with Crippen molar-refractivity contribution < 1.29 is 4.79 Å². The SMILES string of the molecule is O=C(NCCc1ccc(Cl)cc1)c1cccc2[nH]ccc12. The molecule has 0 atom stereocenters. The molecule has 1 amide bonds. The van der Waals surface area contributed by atoms with E-state index in [4.69, 9.17) is 11.6 Å². The Morgan fingerprint density at radius 1 is 1.10 bits per heavy atom.